The van der Waals surface area contributed by atoms with Crippen LogP contribution in [-0.2, 0) is 14.8 Å². The van der Waals surface area contributed by atoms with Crippen LogP contribution in [0.3, 0.4) is 0 Å². The van der Waals surface area contributed by atoms with E-state index in [4.69, 9.17) is 4.74 Å². The highest BCUT2D eigenvalue weighted by molar-refractivity contribution is 7.89. The van der Waals surface area contributed by atoms with Crippen LogP contribution in [-0.4, -0.2) is 43.9 Å². The van der Waals surface area contributed by atoms with Crippen LogP contribution in [0.1, 0.15) is 13.8 Å². The molecule has 118 valence electrons. The number of hydrogen-bond acceptors (Lipinski definition) is 5. The SMILES string of the molecule is CCN(C(C)COC)S(=O)(=O)c1cccc(F)c1[N+](=O)[O-]. The van der Waals surface area contributed by atoms with Crippen molar-refractivity contribution >= 4 is 15.7 Å². The summed E-state index contributed by atoms with van der Waals surface area (Å²) in [6.07, 6.45) is 0. The number of nitro benzene ring substituents is 1. The topological polar surface area (TPSA) is 89.8 Å². The Morgan fingerprint density at radius 2 is 2.10 bits per heavy atom. The molecule has 21 heavy (non-hydrogen) atoms. The molecule has 9 heteroatoms. The lowest BCUT2D eigenvalue weighted by Gasteiger charge is -2.26. The van der Waals surface area contributed by atoms with Gasteiger partial charge in [-0.05, 0) is 19.1 Å². The number of halogens is 1. The van der Waals surface area contributed by atoms with Gasteiger partial charge in [0.2, 0.25) is 15.8 Å². The molecular weight excluding hydrogens is 303 g/mol. The zero-order valence-electron chi connectivity index (χ0n) is 11.9. The van der Waals surface area contributed by atoms with Gasteiger partial charge in [0.05, 0.1) is 11.5 Å². The van der Waals surface area contributed by atoms with Crippen molar-refractivity contribution in [3.05, 3.63) is 34.1 Å². The number of sulfonamides is 1. The first-order valence-electron chi connectivity index (χ1n) is 6.21. The minimum atomic E-state index is -4.20. The van der Waals surface area contributed by atoms with Gasteiger partial charge in [0, 0.05) is 19.7 Å². The summed E-state index contributed by atoms with van der Waals surface area (Å²) >= 11 is 0. The maximum Gasteiger partial charge on any atom is 0.324 e. The van der Waals surface area contributed by atoms with Gasteiger partial charge >= 0.3 is 5.69 Å². The van der Waals surface area contributed by atoms with E-state index in [-0.39, 0.29) is 13.2 Å². The molecule has 1 unspecified atom stereocenters. The summed E-state index contributed by atoms with van der Waals surface area (Å²) in [6, 6.07) is 2.47. The monoisotopic (exact) mass is 320 g/mol. The third-order valence-electron chi connectivity index (χ3n) is 2.93. The van der Waals surface area contributed by atoms with Crippen molar-refractivity contribution in [3.8, 4) is 0 Å². The summed E-state index contributed by atoms with van der Waals surface area (Å²) in [5.41, 5.74) is -1.04. The average molecular weight is 320 g/mol. The van der Waals surface area contributed by atoms with Crippen LogP contribution in [0.5, 0.6) is 0 Å². The van der Waals surface area contributed by atoms with Gasteiger partial charge in [-0.15, -0.1) is 0 Å². The fraction of sp³-hybridized carbons (Fsp3) is 0.500. The first kappa shape index (κ1) is 17.5. The lowest BCUT2D eigenvalue weighted by molar-refractivity contribution is -0.390. The average Bonchev–Trinajstić information content (AvgIpc) is 2.38. The normalized spacial score (nSPS) is 13.4. The molecule has 0 amide bonds. The fourth-order valence-corrected chi connectivity index (χ4v) is 3.84. The lowest BCUT2D eigenvalue weighted by Crippen LogP contribution is -2.41. The van der Waals surface area contributed by atoms with Crippen molar-refractivity contribution < 1.29 is 22.5 Å². The van der Waals surface area contributed by atoms with E-state index >= 15 is 0 Å². The Morgan fingerprint density at radius 1 is 1.48 bits per heavy atom. The second kappa shape index (κ2) is 6.92. The van der Waals surface area contributed by atoms with Crippen LogP contribution in [0.2, 0.25) is 0 Å². The summed E-state index contributed by atoms with van der Waals surface area (Å²) in [6.45, 7) is 3.40. The molecule has 0 aliphatic rings. The van der Waals surface area contributed by atoms with Gasteiger partial charge in [-0.1, -0.05) is 13.0 Å². The Hall–Kier alpha value is -1.58. The summed E-state index contributed by atoms with van der Waals surface area (Å²) in [7, 11) is -2.78. The zero-order valence-corrected chi connectivity index (χ0v) is 12.8. The van der Waals surface area contributed by atoms with Gasteiger partial charge in [-0.3, -0.25) is 10.1 Å². The van der Waals surface area contributed by atoms with E-state index in [9.17, 15) is 22.9 Å². The molecule has 0 aliphatic heterocycles. The Labute approximate surface area is 122 Å². The van der Waals surface area contributed by atoms with Crippen molar-refractivity contribution in [1.29, 1.82) is 0 Å². The lowest BCUT2D eigenvalue weighted by atomic mass is 10.3. The number of rotatable bonds is 7. The molecule has 1 aromatic rings. The molecule has 0 saturated heterocycles. The number of para-hydroxylation sites is 1. The smallest absolute Gasteiger partial charge is 0.324 e. The van der Waals surface area contributed by atoms with Gasteiger partial charge in [-0.2, -0.15) is 8.70 Å². The number of hydrogen-bond donors (Lipinski definition) is 0. The van der Waals surface area contributed by atoms with Crippen LogP contribution < -0.4 is 0 Å². The Morgan fingerprint density at radius 3 is 2.57 bits per heavy atom. The second-order valence-electron chi connectivity index (χ2n) is 4.36. The second-order valence-corrected chi connectivity index (χ2v) is 6.22. The molecule has 0 spiro atoms. The number of likely N-dealkylation sites (N-methyl/N-ethyl adjacent to an activating group) is 1. The standard InChI is InChI=1S/C12H17FN2O5S/c1-4-14(9(2)8-20-3)21(18,19)11-7-5-6-10(13)12(11)15(16)17/h5-7,9H,4,8H2,1-3H3. The van der Waals surface area contributed by atoms with Crippen molar-refractivity contribution in [2.45, 2.75) is 24.8 Å². The molecule has 1 atom stereocenters. The molecular formula is C12H17FN2O5S. The Kier molecular flexibility index (Phi) is 5.76. The van der Waals surface area contributed by atoms with Crippen molar-refractivity contribution in [3.63, 3.8) is 0 Å². The Bertz CT molecular complexity index is 620. The maximum atomic E-state index is 13.6. The van der Waals surface area contributed by atoms with E-state index in [0.717, 1.165) is 22.5 Å². The summed E-state index contributed by atoms with van der Waals surface area (Å²) in [5, 5.41) is 11.0. The third kappa shape index (κ3) is 3.55. The van der Waals surface area contributed by atoms with E-state index in [1.54, 1.807) is 13.8 Å². The molecule has 0 aliphatic carbocycles. The van der Waals surface area contributed by atoms with E-state index < -0.39 is 37.4 Å². The highest BCUT2D eigenvalue weighted by Gasteiger charge is 2.35. The summed E-state index contributed by atoms with van der Waals surface area (Å²) in [4.78, 5) is 9.27. The molecule has 0 aromatic heterocycles. The highest BCUT2D eigenvalue weighted by atomic mass is 32.2. The van der Waals surface area contributed by atoms with Gasteiger partial charge in [0.15, 0.2) is 4.90 Å². The molecule has 0 radical (unpaired) electrons. The molecule has 7 nitrogen and oxygen atoms in total. The van der Waals surface area contributed by atoms with E-state index in [2.05, 4.69) is 0 Å². The van der Waals surface area contributed by atoms with Crippen LogP contribution >= 0.6 is 0 Å². The van der Waals surface area contributed by atoms with Gasteiger partial charge in [-0.25, -0.2) is 8.42 Å². The van der Waals surface area contributed by atoms with E-state index in [0.29, 0.717) is 0 Å². The molecule has 0 N–H and O–H groups in total. The van der Waals surface area contributed by atoms with Crippen LogP contribution in [0, 0.1) is 15.9 Å². The number of nitrogens with zero attached hydrogens (tertiary/aromatic N) is 2. The van der Waals surface area contributed by atoms with Crippen LogP contribution in [0.25, 0.3) is 0 Å². The fourth-order valence-electron chi connectivity index (χ4n) is 2.05. The molecule has 1 rings (SSSR count). The van der Waals surface area contributed by atoms with Crippen LogP contribution in [0.15, 0.2) is 23.1 Å². The highest BCUT2D eigenvalue weighted by Crippen LogP contribution is 2.29. The maximum absolute atomic E-state index is 13.6. The van der Waals surface area contributed by atoms with E-state index in [1.165, 1.54) is 7.11 Å². The Balaban J connectivity index is 3.43. The van der Waals surface area contributed by atoms with Crippen molar-refractivity contribution in [2.24, 2.45) is 0 Å². The molecule has 0 bridgehead atoms. The minimum absolute atomic E-state index is 0.0839. The number of methoxy groups -OCH3 is 1. The number of benzene rings is 1. The van der Waals surface area contributed by atoms with Gasteiger partial charge < -0.3 is 4.74 Å². The molecule has 0 saturated carbocycles. The molecule has 0 heterocycles. The van der Waals surface area contributed by atoms with Crippen molar-refractivity contribution in [1.82, 2.24) is 4.31 Å². The summed E-state index contributed by atoms with van der Waals surface area (Å²) in [5.74, 6) is -1.18. The predicted molar refractivity (Wildman–Crippen MR) is 74.0 cm³/mol. The molecule has 0 fully saturated rings. The minimum Gasteiger partial charge on any atom is -0.383 e. The third-order valence-corrected chi connectivity index (χ3v) is 5.05. The van der Waals surface area contributed by atoms with Crippen molar-refractivity contribution in [2.75, 3.05) is 20.3 Å². The summed E-state index contributed by atoms with van der Waals surface area (Å²) < 4.78 is 44.7. The zero-order chi connectivity index (χ0) is 16.2. The number of nitro groups is 1. The van der Waals surface area contributed by atoms with Crippen LogP contribution in [0.4, 0.5) is 10.1 Å². The molecule has 1 aromatic carbocycles. The predicted octanol–water partition coefficient (Wildman–Crippen LogP) is 1.78. The number of ether oxygens (including phenoxy) is 1. The first-order valence-corrected chi connectivity index (χ1v) is 7.65. The van der Waals surface area contributed by atoms with E-state index in [1.807, 2.05) is 0 Å². The van der Waals surface area contributed by atoms with Gasteiger partial charge in [0.25, 0.3) is 0 Å². The van der Waals surface area contributed by atoms with Gasteiger partial charge in [0.1, 0.15) is 0 Å². The first-order chi connectivity index (χ1) is 9.77. The quantitative estimate of drug-likeness (QED) is 0.564. The largest absolute Gasteiger partial charge is 0.383 e.